The lowest BCUT2D eigenvalue weighted by atomic mass is 10.2. The third kappa shape index (κ3) is 2.44. The Morgan fingerprint density at radius 1 is 1.33 bits per heavy atom. The fourth-order valence-corrected chi connectivity index (χ4v) is 2.48. The standard InChI is InChI=1S/C12H12ClNS/c1-9(8-13)15-12-11-5-3-2-4-10(11)6-7-14-12/h2-7,9H,8H2,1H3. The van der Waals surface area contributed by atoms with Crippen LogP contribution < -0.4 is 0 Å². The van der Waals surface area contributed by atoms with Crippen molar-refractivity contribution < 1.29 is 0 Å². The molecule has 78 valence electrons. The van der Waals surface area contributed by atoms with Gasteiger partial charge in [-0.25, -0.2) is 4.98 Å². The van der Waals surface area contributed by atoms with Crippen molar-refractivity contribution in [2.24, 2.45) is 0 Å². The second-order valence-corrected chi connectivity index (χ2v) is 5.16. The lowest BCUT2D eigenvalue weighted by molar-refractivity contribution is 1.09. The molecule has 0 N–H and O–H groups in total. The van der Waals surface area contributed by atoms with E-state index in [1.807, 2.05) is 24.4 Å². The lowest BCUT2D eigenvalue weighted by Crippen LogP contribution is -1.97. The van der Waals surface area contributed by atoms with Gasteiger partial charge in [-0.15, -0.1) is 23.4 Å². The van der Waals surface area contributed by atoms with E-state index >= 15 is 0 Å². The summed E-state index contributed by atoms with van der Waals surface area (Å²) in [4.78, 5) is 4.40. The minimum atomic E-state index is 0.393. The summed E-state index contributed by atoms with van der Waals surface area (Å²) >= 11 is 7.53. The Morgan fingerprint density at radius 3 is 2.93 bits per heavy atom. The molecule has 0 amide bonds. The van der Waals surface area contributed by atoms with E-state index in [9.17, 15) is 0 Å². The number of alkyl halides is 1. The molecule has 1 aromatic heterocycles. The first-order valence-corrected chi connectivity index (χ1v) is 6.29. The van der Waals surface area contributed by atoms with E-state index in [0.29, 0.717) is 11.1 Å². The zero-order valence-corrected chi connectivity index (χ0v) is 10.1. The highest BCUT2D eigenvalue weighted by Gasteiger charge is 2.07. The summed E-state index contributed by atoms with van der Waals surface area (Å²) in [5.41, 5.74) is 0. The van der Waals surface area contributed by atoms with Gasteiger partial charge in [0.2, 0.25) is 0 Å². The van der Waals surface area contributed by atoms with Gasteiger partial charge >= 0.3 is 0 Å². The van der Waals surface area contributed by atoms with Crippen molar-refractivity contribution in [1.82, 2.24) is 4.98 Å². The van der Waals surface area contributed by atoms with E-state index in [-0.39, 0.29) is 0 Å². The normalized spacial score (nSPS) is 12.9. The van der Waals surface area contributed by atoms with E-state index < -0.39 is 0 Å². The highest BCUT2D eigenvalue weighted by atomic mass is 35.5. The molecule has 0 bridgehead atoms. The minimum absolute atomic E-state index is 0.393. The van der Waals surface area contributed by atoms with Gasteiger partial charge in [-0.3, -0.25) is 0 Å². The average Bonchev–Trinajstić information content (AvgIpc) is 2.29. The molecular formula is C12H12ClNS. The third-order valence-electron chi connectivity index (χ3n) is 2.17. The molecule has 1 aromatic carbocycles. The van der Waals surface area contributed by atoms with E-state index in [1.54, 1.807) is 11.8 Å². The first-order valence-electron chi connectivity index (χ1n) is 4.87. The second kappa shape index (κ2) is 4.86. The van der Waals surface area contributed by atoms with Crippen LogP contribution in [0.15, 0.2) is 41.6 Å². The van der Waals surface area contributed by atoms with Crippen molar-refractivity contribution in [3.05, 3.63) is 36.5 Å². The number of pyridine rings is 1. The zero-order chi connectivity index (χ0) is 10.7. The largest absolute Gasteiger partial charge is 0.249 e. The molecule has 1 unspecified atom stereocenters. The number of aromatic nitrogens is 1. The molecule has 1 heterocycles. The summed E-state index contributed by atoms with van der Waals surface area (Å²) in [5.74, 6) is 0.648. The number of hydrogen-bond donors (Lipinski definition) is 0. The van der Waals surface area contributed by atoms with Gasteiger partial charge in [0, 0.05) is 22.7 Å². The van der Waals surface area contributed by atoms with Gasteiger partial charge in [0.1, 0.15) is 5.03 Å². The van der Waals surface area contributed by atoms with Crippen LogP contribution in [0.3, 0.4) is 0 Å². The minimum Gasteiger partial charge on any atom is -0.249 e. The molecule has 2 rings (SSSR count). The van der Waals surface area contributed by atoms with E-state index in [2.05, 4.69) is 24.0 Å². The highest BCUT2D eigenvalue weighted by molar-refractivity contribution is 8.00. The van der Waals surface area contributed by atoms with Crippen LogP contribution in [0.1, 0.15) is 6.92 Å². The number of halogens is 1. The first-order chi connectivity index (χ1) is 7.31. The van der Waals surface area contributed by atoms with Crippen LogP contribution in [0.2, 0.25) is 0 Å². The second-order valence-electron chi connectivity index (χ2n) is 3.42. The summed E-state index contributed by atoms with van der Waals surface area (Å²) in [6.45, 7) is 2.11. The number of fused-ring (bicyclic) bond motifs is 1. The van der Waals surface area contributed by atoms with E-state index in [4.69, 9.17) is 11.6 Å². The van der Waals surface area contributed by atoms with Crippen molar-refractivity contribution in [3.8, 4) is 0 Å². The summed E-state index contributed by atoms with van der Waals surface area (Å²) < 4.78 is 0. The molecule has 2 aromatic rings. The maximum Gasteiger partial charge on any atom is 0.104 e. The van der Waals surface area contributed by atoms with Crippen LogP contribution in [0.25, 0.3) is 10.8 Å². The van der Waals surface area contributed by atoms with Crippen molar-refractivity contribution >= 4 is 34.1 Å². The average molecular weight is 238 g/mol. The maximum absolute atomic E-state index is 5.80. The Morgan fingerprint density at radius 2 is 2.13 bits per heavy atom. The van der Waals surface area contributed by atoms with Gasteiger partial charge in [-0.2, -0.15) is 0 Å². The number of rotatable bonds is 3. The molecule has 0 aliphatic carbocycles. The van der Waals surface area contributed by atoms with Crippen molar-refractivity contribution in [2.45, 2.75) is 17.2 Å². The quantitative estimate of drug-likeness (QED) is 0.592. The van der Waals surface area contributed by atoms with Crippen LogP contribution in [-0.4, -0.2) is 16.1 Å². The highest BCUT2D eigenvalue weighted by Crippen LogP contribution is 2.28. The van der Waals surface area contributed by atoms with Crippen LogP contribution in [0, 0.1) is 0 Å². The molecule has 0 fully saturated rings. The molecular weight excluding hydrogens is 226 g/mol. The SMILES string of the molecule is CC(CCl)Sc1nccc2ccccc12. The van der Waals surface area contributed by atoms with Gasteiger partial charge in [0.15, 0.2) is 0 Å². The molecule has 0 aliphatic heterocycles. The molecule has 3 heteroatoms. The Bertz CT molecular complexity index is 453. The summed E-state index contributed by atoms with van der Waals surface area (Å²) in [6, 6.07) is 10.3. The Kier molecular flexibility index (Phi) is 3.49. The monoisotopic (exact) mass is 237 g/mol. The molecule has 0 saturated heterocycles. The molecule has 0 saturated carbocycles. The predicted molar refractivity (Wildman–Crippen MR) is 67.8 cm³/mol. The molecule has 0 spiro atoms. The topological polar surface area (TPSA) is 12.9 Å². The van der Waals surface area contributed by atoms with Crippen LogP contribution in [-0.2, 0) is 0 Å². The first kappa shape index (κ1) is 10.8. The Labute approximate surface area is 98.9 Å². The number of nitrogens with zero attached hydrogens (tertiary/aromatic N) is 1. The van der Waals surface area contributed by atoms with Crippen molar-refractivity contribution in [3.63, 3.8) is 0 Å². The maximum atomic E-state index is 5.80. The summed E-state index contributed by atoms with van der Waals surface area (Å²) in [6.07, 6.45) is 1.85. The summed E-state index contributed by atoms with van der Waals surface area (Å²) in [7, 11) is 0. The van der Waals surface area contributed by atoms with Crippen molar-refractivity contribution in [2.75, 3.05) is 5.88 Å². The Hall–Kier alpha value is -0.730. The van der Waals surface area contributed by atoms with Gasteiger partial charge in [-0.05, 0) is 11.5 Å². The molecule has 1 atom stereocenters. The molecule has 0 aliphatic rings. The molecule has 0 radical (unpaired) electrons. The van der Waals surface area contributed by atoms with Gasteiger partial charge in [0.25, 0.3) is 0 Å². The Balaban J connectivity index is 2.42. The van der Waals surface area contributed by atoms with Crippen LogP contribution in [0.5, 0.6) is 0 Å². The summed E-state index contributed by atoms with van der Waals surface area (Å²) in [5, 5.41) is 3.91. The zero-order valence-electron chi connectivity index (χ0n) is 8.48. The third-order valence-corrected chi connectivity index (χ3v) is 3.93. The van der Waals surface area contributed by atoms with Gasteiger partial charge < -0.3 is 0 Å². The fourth-order valence-electron chi connectivity index (χ4n) is 1.41. The molecule has 15 heavy (non-hydrogen) atoms. The number of hydrogen-bond acceptors (Lipinski definition) is 2. The molecule has 1 nitrogen and oxygen atoms in total. The predicted octanol–water partition coefficient (Wildman–Crippen LogP) is 3.95. The van der Waals surface area contributed by atoms with Gasteiger partial charge in [0.05, 0.1) is 0 Å². The fraction of sp³-hybridized carbons (Fsp3) is 0.250. The van der Waals surface area contributed by atoms with E-state index in [0.717, 1.165) is 5.03 Å². The van der Waals surface area contributed by atoms with Crippen molar-refractivity contribution in [1.29, 1.82) is 0 Å². The number of benzene rings is 1. The number of thioether (sulfide) groups is 1. The van der Waals surface area contributed by atoms with Crippen LogP contribution in [0.4, 0.5) is 0 Å². The lowest BCUT2D eigenvalue weighted by Gasteiger charge is -2.08. The van der Waals surface area contributed by atoms with Gasteiger partial charge in [-0.1, -0.05) is 31.2 Å². The van der Waals surface area contributed by atoms with Crippen LogP contribution >= 0.6 is 23.4 Å². The van der Waals surface area contributed by atoms with E-state index in [1.165, 1.54) is 10.8 Å². The smallest absolute Gasteiger partial charge is 0.104 e.